The van der Waals surface area contributed by atoms with E-state index in [-0.39, 0.29) is 17.8 Å². The molecular weight excluding hydrogens is 424 g/mol. The van der Waals surface area contributed by atoms with Crippen molar-refractivity contribution in [2.24, 2.45) is 57.3 Å². The van der Waals surface area contributed by atoms with Crippen LogP contribution in [0.15, 0.2) is 4.99 Å². The molecule has 0 heterocycles. The lowest BCUT2D eigenvalue weighted by atomic mass is 9.73. The molecule has 0 radical (unpaired) electrons. The summed E-state index contributed by atoms with van der Waals surface area (Å²) in [6.07, 6.45) is 0.916. The molecule has 4 atom stereocenters. The number of carboxylic acid groups (broad SMARTS) is 2. The summed E-state index contributed by atoms with van der Waals surface area (Å²) in [6.45, 7) is 7.06. The second-order valence-corrected chi connectivity index (χ2v) is 7.92. The molecule has 13 nitrogen and oxygen atoms in total. The molecular formula is C19H38N6O7. The SMILES string of the molecule is CC(C)C(C(=O)O)C(C(C)C)[C@H](N)C(=O)O.NC(=O)COC(=O)[C@@H](N)CCCN=C(N)N. The van der Waals surface area contributed by atoms with Crippen LogP contribution in [0.2, 0.25) is 0 Å². The number of amides is 1. The maximum Gasteiger partial charge on any atom is 0.323 e. The summed E-state index contributed by atoms with van der Waals surface area (Å²) in [5, 5.41) is 18.0. The third kappa shape index (κ3) is 13.4. The Balaban J connectivity index is 0. The maximum absolute atomic E-state index is 11.2. The second kappa shape index (κ2) is 15.8. The number of carbonyl (C=O) groups is 4. The number of hydrogen-bond donors (Lipinski definition) is 7. The molecule has 0 spiro atoms. The minimum absolute atomic E-state index is 0.00937. The van der Waals surface area contributed by atoms with Crippen molar-refractivity contribution in [1.29, 1.82) is 0 Å². The summed E-state index contributed by atoms with van der Waals surface area (Å²) in [4.78, 5) is 47.2. The first kappa shape index (κ1) is 31.3. The van der Waals surface area contributed by atoms with Crippen LogP contribution in [0.5, 0.6) is 0 Å². The van der Waals surface area contributed by atoms with E-state index in [4.69, 9.17) is 38.9 Å². The lowest BCUT2D eigenvalue weighted by Gasteiger charge is -2.32. The van der Waals surface area contributed by atoms with Gasteiger partial charge in [-0.3, -0.25) is 24.2 Å². The summed E-state index contributed by atoms with van der Waals surface area (Å²) in [5.41, 5.74) is 26.1. The van der Waals surface area contributed by atoms with Gasteiger partial charge in [-0.15, -0.1) is 0 Å². The van der Waals surface area contributed by atoms with Crippen LogP contribution in [0.3, 0.4) is 0 Å². The molecule has 12 N–H and O–H groups in total. The van der Waals surface area contributed by atoms with E-state index >= 15 is 0 Å². The van der Waals surface area contributed by atoms with E-state index in [0.29, 0.717) is 19.4 Å². The number of aliphatic carboxylic acids is 2. The van der Waals surface area contributed by atoms with Crippen molar-refractivity contribution in [2.75, 3.05) is 13.2 Å². The molecule has 0 bridgehead atoms. The highest BCUT2D eigenvalue weighted by atomic mass is 16.5. The van der Waals surface area contributed by atoms with Gasteiger partial charge in [0.05, 0.1) is 5.92 Å². The van der Waals surface area contributed by atoms with E-state index < -0.39 is 54.3 Å². The quantitative estimate of drug-likeness (QED) is 0.0710. The Morgan fingerprint density at radius 1 is 0.906 bits per heavy atom. The van der Waals surface area contributed by atoms with Gasteiger partial charge in [-0.05, 0) is 24.7 Å². The number of carbonyl (C=O) groups excluding carboxylic acids is 2. The first-order valence-corrected chi connectivity index (χ1v) is 10.1. The van der Waals surface area contributed by atoms with Gasteiger partial charge < -0.3 is 43.6 Å². The first-order valence-electron chi connectivity index (χ1n) is 10.1. The molecule has 0 saturated heterocycles. The van der Waals surface area contributed by atoms with Crippen molar-refractivity contribution in [3.63, 3.8) is 0 Å². The van der Waals surface area contributed by atoms with Gasteiger partial charge in [0.1, 0.15) is 12.1 Å². The highest BCUT2D eigenvalue weighted by Crippen LogP contribution is 2.30. The molecule has 0 aromatic heterocycles. The highest BCUT2D eigenvalue weighted by Gasteiger charge is 2.39. The number of nitrogens with zero attached hydrogens (tertiary/aromatic N) is 1. The molecule has 2 unspecified atom stereocenters. The Bertz CT molecular complexity index is 650. The minimum atomic E-state index is -1.15. The monoisotopic (exact) mass is 462 g/mol. The molecule has 0 aromatic carbocycles. The third-order valence-electron chi connectivity index (χ3n) is 4.51. The summed E-state index contributed by atoms with van der Waals surface area (Å²) in [5.74, 6) is -5.04. The number of aliphatic imine (C=N–C) groups is 1. The normalized spacial score (nSPS) is 14.4. The zero-order valence-corrected chi connectivity index (χ0v) is 19.1. The van der Waals surface area contributed by atoms with Crippen molar-refractivity contribution < 1.29 is 34.1 Å². The molecule has 0 saturated carbocycles. The van der Waals surface area contributed by atoms with Crippen LogP contribution in [0, 0.1) is 23.7 Å². The van der Waals surface area contributed by atoms with Gasteiger partial charge in [0, 0.05) is 12.5 Å². The standard InChI is InChI=1S/C11H21NO4.C8H17N5O3/c1-5(2)7(9(12)11(15)16)8(6(3)4)10(13)14;9-5(2-1-3-13-8(11)12)7(15)16-4-6(10)14/h5-9H,12H2,1-4H3,(H,13,14)(H,15,16);5H,1-4,9H2,(H2,10,14)(H4,11,12,13)/t7?,8?,9-;5-/m00/s1. The fourth-order valence-corrected chi connectivity index (χ4v) is 3.00. The summed E-state index contributed by atoms with van der Waals surface area (Å²) in [7, 11) is 0. The fraction of sp³-hybridized carbons (Fsp3) is 0.737. The third-order valence-corrected chi connectivity index (χ3v) is 4.51. The van der Waals surface area contributed by atoms with Crippen LogP contribution in [-0.2, 0) is 23.9 Å². The molecule has 186 valence electrons. The highest BCUT2D eigenvalue weighted by molar-refractivity contribution is 5.81. The first-order chi connectivity index (χ1) is 14.6. The Hall–Kier alpha value is -2.93. The van der Waals surface area contributed by atoms with Crippen LogP contribution in [0.4, 0.5) is 0 Å². The van der Waals surface area contributed by atoms with Gasteiger partial charge in [0.25, 0.3) is 5.91 Å². The molecule has 0 rings (SSSR count). The van der Waals surface area contributed by atoms with Gasteiger partial charge >= 0.3 is 17.9 Å². The number of carboxylic acids is 2. The van der Waals surface area contributed by atoms with Gasteiger partial charge in [-0.25, -0.2) is 0 Å². The number of ether oxygens (including phenoxy) is 1. The Labute approximate surface area is 187 Å². The Morgan fingerprint density at radius 2 is 1.44 bits per heavy atom. The lowest BCUT2D eigenvalue weighted by molar-refractivity contribution is -0.150. The van der Waals surface area contributed by atoms with Crippen molar-refractivity contribution in [2.45, 2.75) is 52.6 Å². The predicted octanol–water partition coefficient (Wildman–Crippen LogP) is -1.58. The molecule has 13 heteroatoms. The Morgan fingerprint density at radius 3 is 1.78 bits per heavy atom. The largest absolute Gasteiger partial charge is 0.481 e. The van der Waals surface area contributed by atoms with Gasteiger partial charge in [0.15, 0.2) is 12.6 Å². The molecule has 32 heavy (non-hydrogen) atoms. The van der Waals surface area contributed by atoms with Crippen molar-refractivity contribution in [3.05, 3.63) is 0 Å². The van der Waals surface area contributed by atoms with Gasteiger partial charge in [-0.2, -0.15) is 0 Å². The number of guanidine groups is 1. The zero-order chi connectivity index (χ0) is 25.6. The van der Waals surface area contributed by atoms with E-state index in [0.717, 1.165) is 0 Å². The van der Waals surface area contributed by atoms with Gasteiger partial charge in [0.2, 0.25) is 0 Å². The molecule has 0 aliphatic carbocycles. The van der Waals surface area contributed by atoms with Crippen LogP contribution >= 0.6 is 0 Å². The van der Waals surface area contributed by atoms with E-state index in [2.05, 4.69) is 9.73 Å². The number of hydrogen-bond acceptors (Lipinski definition) is 8. The summed E-state index contributed by atoms with van der Waals surface area (Å²) in [6, 6.07) is -1.93. The van der Waals surface area contributed by atoms with Crippen LogP contribution in [-0.4, -0.2) is 65.2 Å². The average molecular weight is 463 g/mol. The average Bonchev–Trinajstić information content (AvgIpc) is 2.65. The van der Waals surface area contributed by atoms with Crippen molar-refractivity contribution >= 4 is 29.8 Å². The maximum atomic E-state index is 11.2. The number of esters is 1. The van der Waals surface area contributed by atoms with Crippen molar-refractivity contribution in [3.8, 4) is 0 Å². The molecule has 0 aromatic rings. The van der Waals surface area contributed by atoms with E-state index in [1.54, 1.807) is 27.7 Å². The molecule has 0 aliphatic rings. The van der Waals surface area contributed by atoms with E-state index in [1.165, 1.54) is 0 Å². The summed E-state index contributed by atoms with van der Waals surface area (Å²) < 4.78 is 4.52. The topological polar surface area (TPSA) is 260 Å². The van der Waals surface area contributed by atoms with Crippen LogP contribution in [0.1, 0.15) is 40.5 Å². The number of rotatable bonds is 13. The Kier molecular flexibility index (Phi) is 15.4. The number of primary amides is 1. The fourth-order valence-electron chi connectivity index (χ4n) is 3.00. The van der Waals surface area contributed by atoms with E-state index in [1.807, 2.05) is 0 Å². The van der Waals surface area contributed by atoms with Crippen LogP contribution < -0.4 is 28.7 Å². The summed E-state index contributed by atoms with van der Waals surface area (Å²) >= 11 is 0. The number of nitrogens with two attached hydrogens (primary N) is 5. The predicted molar refractivity (Wildman–Crippen MR) is 118 cm³/mol. The molecule has 0 aliphatic heterocycles. The zero-order valence-electron chi connectivity index (χ0n) is 19.1. The smallest absolute Gasteiger partial charge is 0.323 e. The van der Waals surface area contributed by atoms with Gasteiger partial charge in [-0.1, -0.05) is 27.7 Å². The van der Waals surface area contributed by atoms with Crippen LogP contribution in [0.25, 0.3) is 0 Å². The molecule has 0 fully saturated rings. The van der Waals surface area contributed by atoms with E-state index in [9.17, 15) is 19.2 Å². The lowest BCUT2D eigenvalue weighted by Crippen LogP contribution is -2.47. The minimum Gasteiger partial charge on any atom is -0.481 e. The van der Waals surface area contributed by atoms with Crippen molar-refractivity contribution in [1.82, 2.24) is 0 Å². The molecule has 1 amide bonds. The second-order valence-electron chi connectivity index (χ2n) is 7.92.